The Morgan fingerprint density at radius 1 is 1.42 bits per heavy atom. The summed E-state index contributed by atoms with van der Waals surface area (Å²) >= 11 is 0. The van der Waals surface area contributed by atoms with E-state index in [0.717, 1.165) is 19.1 Å². The molecule has 0 N–H and O–H groups in total. The van der Waals surface area contributed by atoms with Gasteiger partial charge in [-0.25, -0.2) is 0 Å². The number of methoxy groups -OCH3 is 1. The molecule has 1 heterocycles. The molecule has 102 valence electrons. The van der Waals surface area contributed by atoms with Crippen molar-refractivity contribution in [3.63, 3.8) is 0 Å². The van der Waals surface area contributed by atoms with Gasteiger partial charge in [-0.2, -0.15) is 0 Å². The van der Waals surface area contributed by atoms with E-state index in [4.69, 9.17) is 4.74 Å². The van der Waals surface area contributed by atoms with Gasteiger partial charge in [0.15, 0.2) is 0 Å². The molecule has 0 aliphatic carbocycles. The fraction of sp³-hybridized carbons (Fsp3) is 0.462. The van der Waals surface area contributed by atoms with Crippen molar-refractivity contribution in [2.75, 3.05) is 25.1 Å². The lowest BCUT2D eigenvalue weighted by molar-refractivity contribution is -0.384. The number of hydrogen-bond donors (Lipinski definition) is 0. The van der Waals surface area contributed by atoms with Crippen LogP contribution in [0.25, 0.3) is 0 Å². The van der Waals surface area contributed by atoms with Gasteiger partial charge in [0.2, 0.25) is 0 Å². The van der Waals surface area contributed by atoms with Crippen LogP contribution in [0.3, 0.4) is 0 Å². The van der Waals surface area contributed by atoms with Gasteiger partial charge < -0.3 is 14.4 Å². The van der Waals surface area contributed by atoms with Crippen molar-refractivity contribution in [2.45, 2.75) is 12.8 Å². The zero-order valence-corrected chi connectivity index (χ0v) is 10.7. The van der Waals surface area contributed by atoms with Gasteiger partial charge in [0, 0.05) is 19.0 Å². The summed E-state index contributed by atoms with van der Waals surface area (Å²) in [6.07, 6.45) is 2.46. The molecule has 1 aliphatic rings. The van der Waals surface area contributed by atoms with Crippen LogP contribution in [0.15, 0.2) is 18.2 Å². The Bertz CT molecular complexity index is 482. The molecule has 0 radical (unpaired) electrons. The lowest BCUT2D eigenvalue weighted by atomic mass is 9.98. The average Bonchev–Trinajstić information content (AvgIpc) is 2.46. The monoisotopic (exact) mass is 264 g/mol. The quantitative estimate of drug-likeness (QED) is 0.472. The first kappa shape index (κ1) is 13.3. The lowest BCUT2D eigenvalue weighted by Gasteiger charge is -2.31. The van der Waals surface area contributed by atoms with Gasteiger partial charge in [0.25, 0.3) is 5.69 Å². The average molecular weight is 264 g/mol. The standard InChI is InChI=1S/C13H16N2O4/c1-19-11-2-3-12(13(8-11)15(17)18)14-6-4-10(9-16)5-7-14/h2-3,8-10H,4-7H2,1H3. The van der Waals surface area contributed by atoms with Crippen molar-refractivity contribution in [3.05, 3.63) is 28.3 Å². The number of nitrogens with zero attached hydrogens (tertiary/aromatic N) is 2. The summed E-state index contributed by atoms with van der Waals surface area (Å²) in [7, 11) is 1.48. The van der Waals surface area contributed by atoms with Gasteiger partial charge >= 0.3 is 0 Å². The maximum Gasteiger partial charge on any atom is 0.296 e. The van der Waals surface area contributed by atoms with E-state index in [0.29, 0.717) is 24.5 Å². The summed E-state index contributed by atoms with van der Waals surface area (Å²) < 4.78 is 5.01. The molecule has 0 bridgehead atoms. The van der Waals surface area contributed by atoms with E-state index >= 15 is 0 Å². The molecule has 1 fully saturated rings. The van der Waals surface area contributed by atoms with Crippen molar-refractivity contribution in [2.24, 2.45) is 5.92 Å². The third-order valence-electron chi connectivity index (χ3n) is 3.45. The van der Waals surface area contributed by atoms with E-state index in [1.165, 1.54) is 13.2 Å². The molecule has 0 aromatic heterocycles. The molecular formula is C13H16N2O4. The maximum atomic E-state index is 11.1. The van der Waals surface area contributed by atoms with Crippen molar-refractivity contribution in [1.29, 1.82) is 0 Å². The molecule has 1 saturated heterocycles. The fourth-order valence-corrected chi connectivity index (χ4v) is 2.32. The predicted molar refractivity (Wildman–Crippen MR) is 70.6 cm³/mol. The molecule has 6 heteroatoms. The van der Waals surface area contributed by atoms with Crippen LogP contribution in [0.1, 0.15) is 12.8 Å². The van der Waals surface area contributed by atoms with Gasteiger partial charge in [-0.1, -0.05) is 0 Å². The van der Waals surface area contributed by atoms with Crippen molar-refractivity contribution >= 4 is 17.7 Å². The van der Waals surface area contributed by atoms with Gasteiger partial charge in [0.05, 0.1) is 18.1 Å². The van der Waals surface area contributed by atoms with E-state index in [1.54, 1.807) is 12.1 Å². The minimum absolute atomic E-state index is 0.0453. The molecule has 19 heavy (non-hydrogen) atoms. The Morgan fingerprint density at radius 3 is 2.63 bits per heavy atom. The second-order valence-corrected chi connectivity index (χ2v) is 4.57. The maximum absolute atomic E-state index is 11.1. The van der Waals surface area contributed by atoms with Crippen LogP contribution < -0.4 is 9.64 Å². The van der Waals surface area contributed by atoms with Crippen LogP contribution in [-0.4, -0.2) is 31.4 Å². The number of nitro groups is 1. The summed E-state index contributed by atoms with van der Waals surface area (Å²) in [4.78, 5) is 23.4. The van der Waals surface area contributed by atoms with E-state index in [9.17, 15) is 14.9 Å². The molecule has 1 aliphatic heterocycles. The minimum Gasteiger partial charge on any atom is -0.496 e. The normalized spacial score (nSPS) is 16.2. The highest BCUT2D eigenvalue weighted by atomic mass is 16.6. The van der Waals surface area contributed by atoms with Gasteiger partial charge in [0.1, 0.15) is 17.7 Å². The predicted octanol–water partition coefficient (Wildman–Crippen LogP) is 2.02. The van der Waals surface area contributed by atoms with Crippen LogP contribution in [0.2, 0.25) is 0 Å². The van der Waals surface area contributed by atoms with Crippen LogP contribution in [0.5, 0.6) is 5.75 Å². The number of hydrogen-bond acceptors (Lipinski definition) is 5. The molecule has 0 saturated carbocycles. The molecule has 0 amide bonds. The minimum atomic E-state index is -0.399. The van der Waals surface area contributed by atoms with Crippen LogP contribution in [0.4, 0.5) is 11.4 Å². The SMILES string of the molecule is COc1ccc(N2CCC(C=O)CC2)c([N+](=O)[O-])c1. The number of nitro benzene ring substituents is 1. The molecule has 2 rings (SSSR count). The van der Waals surface area contributed by atoms with E-state index in [-0.39, 0.29) is 11.6 Å². The number of rotatable bonds is 4. The number of ether oxygens (including phenoxy) is 1. The first-order valence-electron chi connectivity index (χ1n) is 6.18. The largest absolute Gasteiger partial charge is 0.496 e. The van der Waals surface area contributed by atoms with Crippen molar-refractivity contribution in [1.82, 2.24) is 0 Å². The zero-order valence-electron chi connectivity index (χ0n) is 10.7. The molecule has 6 nitrogen and oxygen atoms in total. The fourth-order valence-electron chi connectivity index (χ4n) is 2.32. The Morgan fingerprint density at radius 2 is 2.11 bits per heavy atom. The van der Waals surface area contributed by atoms with Crippen LogP contribution >= 0.6 is 0 Å². The number of benzene rings is 1. The lowest BCUT2D eigenvalue weighted by Crippen LogP contribution is -2.34. The second kappa shape index (κ2) is 5.69. The molecule has 0 atom stereocenters. The van der Waals surface area contributed by atoms with Crippen molar-refractivity contribution < 1.29 is 14.5 Å². The third kappa shape index (κ3) is 2.83. The summed E-state index contributed by atoms with van der Waals surface area (Å²) in [6.45, 7) is 1.33. The Kier molecular flexibility index (Phi) is 3.99. The van der Waals surface area contributed by atoms with Gasteiger partial charge in [-0.15, -0.1) is 0 Å². The smallest absolute Gasteiger partial charge is 0.296 e. The summed E-state index contributed by atoms with van der Waals surface area (Å²) in [5, 5.41) is 11.1. The Hall–Kier alpha value is -2.11. The molecule has 1 aromatic rings. The first-order chi connectivity index (χ1) is 9.15. The Labute approximate surface area is 111 Å². The topological polar surface area (TPSA) is 72.7 Å². The number of carbonyl (C=O) groups is 1. The third-order valence-corrected chi connectivity index (χ3v) is 3.45. The number of aldehydes is 1. The van der Waals surface area contributed by atoms with E-state index in [1.807, 2.05) is 4.90 Å². The van der Waals surface area contributed by atoms with Crippen molar-refractivity contribution in [3.8, 4) is 5.75 Å². The summed E-state index contributed by atoms with van der Waals surface area (Å²) in [5.41, 5.74) is 0.638. The highest BCUT2D eigenvalue weighted by molar-refractivity contribution is 5.66. The molecule has 1 aromatic carbocycles. The molecular weight excluding hydrogens is 248 g/mol. The second-order valence-electron chi connectivity index (χ2n) is 4.57. The zero-order chi connectivity index (χ0) is 13.8. The number of carbonyl (C=O) groups excluding carboxylic acids is 1. The highest BCUT2D eigenvalue weighted by Gasteiger charge is 2.25. The Balaban J connectivity index is 2.24. The van der Waals surface area contributed by atoms with E-state index < -0.39 is 4.92 Å². The molecule has 0 unspecified atom stereocenters. The highest BCUT2D eigenvalue weighted by Crippen LogP contribution is 2.34. The summed E-state index contributed by atoms with van der Waals surface area (Å²) in [5.74, 6) is 0.548. The van der Waals surface area contributed by atoms with Gasteiger partial charge in [-0.05, 0) is 25.0 Å². The molecule has 0 spiro atoms. The number of piperidine rings is 1. The van der Waals surface area contributed by atoms with Crippen LogP contribution in [-0.2, 0) is 4.79 Å². The van der Waals surface area contributed by atoms with Crippen LogP contribution in [0, 0.1) is 16.0 Å². The first-order valence-corrected chi connectivity index (χ1v) is 6.18. The summed E-state index contributed by atoms with van der Waals surface area (Å²) in [6, 6.07) is 4.85. The number of anilines is 1. The van der Waals surface area contributed by atoms with Gasteiger partial charge in [-0.3, -0.25) is 10.1 Å². The van der Waals surface area contributed by atoms with E-state index in [2.05, 4.69) is 0 Å².